The van der Waals surface area contributed by atoms with E-state index in [-0.39, 0.29) is 11.3 Å². The molecule has 3 aromatic rings. The van der Waals surface area contributed by atoms with Crippen molar-refractivity contribution in [2.24, 2.45) is 5.92 Å². The van der Waals surface area contributed by atoms with Crippen LogP contribution in [0.1, 0.15) is 69.6 Å². The molecular weight excluding hydrogens is 548 g/mol. The van der Waals surface area contributed by atoms with E-state index in [0.717, 1.165) is 26.1 Å². The van der Waals surface area contributed by atoms with Crippen LogP contribution in [0.5, 0.6) is 17.2 Å². The zero-order valence-electron chi connectivity index (χ0n) is 26.1. The molecule has 0 spiro atoms. The predicted octanol–water partition coefficient (Wildman–Crippen LogP) is 6.58. The van der Waals surface area contributed by atoms with Gasteiger partial charge in [-0.1, -0.05) is 45.9 Å². The lowest BCUT2D eigenvalue weighted by Gasteiger charge is -2.28. The van der Waals surface area contributed by atoms with Crippen molar-refractivity contribution < 1.29 is 33.3 Å². The number of hydrogen-bond donors (Lipinski definition) is 1. The second kappa shape index (κ2) is 14.5. The van der Waals surface area contributed by atoms with Crippen LogP contribution in [0, 0.1) is 5.92 Å². The van der Waals surface area contributed by atoms with Gasteiger partial charge in [-0.05, 0) is 75.1 Å². The van der Waals surface area contributed by atoms with Crippen LogP contribution in [-0.2, 0) is 4.79 Å². The molecule has 1 atom stereocenters. The molecule has 1 aromatic heterocycles. The summed E-state index contributed by atoms with van der Waals surface area (Å²) >= 11 is 0. The Morgan fingerprint density at radius 3 is 2.49 bits per heavy atom. The van der Waals surface area contributed by atoms with Crippen LogP contribution >= 0.6 is 0 Å². The number of nitrogens with zero attached hydrogens (tertiary/aromatic N) is 2. The second-order valence-corrected chi connectivity index (χ2v) is 11.0. The maximum atomic E-state index is 14.1. The van der Waals surface area contributed by atoms with Gasteiger partial charge in [0.2, 0.25) is 5.78 Å². The Kier molecular flexibility index (Phi) is 10.7. The van der Waals surface area contributed by atoms with E-state index in [1.165, 1.54) is 7.11 Å². The minimum absolute atomic E-state index is 0.0162. The van der Waals surface area contributed by atoms with Gasteiger partial charge >= 0.3 is 0 Å². The van der Waals surface area contributed by atoms with Crippen LogP contribution in [0.2, 0.25) is 0 Å². The first-order valence-corrected chi connectivity index (χ1v) is 15.2. The first kappa shape index (κ1) is 31.9. The van der Waals surface area contributed by atoms with Crippen molar-refractivity contribution >= 4 is 22.7 Å². The number of benzene rings is 2. The van der Waals surface area contributed by atoms with Gasteiger partial charge in [-0.25, -0.2) is 0 Å². The Labute approximate surface area is 254 Å². The molecule has 0 saturated carbocycles. The smallest absolute Gasteiger partial charge is 0.290 e. The Bertz CT molecular complexity index is 1450. The molecule has 2 aromatic carbocycles. The Hall–Kier alpha value is -3.98. The van der Waals surface area contributed by atoms with Gasteiger partial charge in [-0.15, -0.1) is 0 Å². The van der Waals surface area contributed by atoms with Crippen LogP contribution in [0.4, 0.5) is 0 Å². The summed E-state index contributed by atoms with van der Waals surface area (Å²) in [6.45, 7) is 14.2. The van der Waals surface area contributed by atoms with Gasteiger partial charge in [-0.3, -0.25) is 9.59 Å². The number of carbonyl (C=O) groups excluding carboxylic acids is 2. The Balaban J connectivity index is 1.74. The van der Waals surface area contributed by atoms with E-state index >= 15 is 0 Å². The molecule has 1 aliphatic heterocycles. The number of rotatable bonds is 16. The molecule has 0 bridgehead atoms. The lowest BCUT2D eigenvalue weighted by molar-refractivity contribution is -0.129. The lowest BCUT2D eigenvalue weighted by atomic mass is 9.94. The number of aliphatic hydroxyl groups is 1. The highest BCUT2D eigenvalue weighted by atomic mass is 16.5. The standard InChI is InChI=1S/C34H44N2O7/c1-7-35(8-2)17-11-18-36-30(23-14-15-25(27(20-23)41-9-3)42-19-16-22(4)5)29(32(38)34(36)39)31(37)28-21-24-12-10-13-26(40-6)33(24)43-28/h10,12-15,20-22,30,38H,7-9,11,16-19H2,1-6H3. The highest BCUT2D eigenvalue weighted by Gasteiger charge is 2.44. The normalized spacial score (nSPS) is 15.3. The summed E-state index contributed by atoms with van der Waals surface area (Å²) in [7, 11) is 1.53. The number of hydrogen-bond acceptors (Lipinski definition) is 8. The summed E-state index contributed by atoms with van der Waals surface area (Å²) in [5.41, 5.74) is 1.03. The molecule has 1 N–H and O–H groups in total. The number of ether oxygens (including phenoxy) is 3. The van der Waals surface area contributed by atoms with Gasteiger partial charge < -0.3 is 33.5 Å². The number of Topliss-reactive ketones (excluding diaryl/α,β-unsaturated/α-hetero) is 1. The maximum Gasteiger partial charge on any atom is 0.290 e. The molecule has 2 heterocycles. The summed E-state index contributed by atoms with van der Waals surface area (Å²) in [5, 5.41) is 11.9. The van der Waals surface area contributed by atoms with E-state index < -0.39 is 23.5 Å². The fourth-order valence-corrected chi connectivity index (χ4v) is 5.40. The Morgan fingerprint density at radius 2 is 1.81 bits per heavy atom. The second-order valence-electron chi connectivity index (χ2n) is 11.0. The number of para-hydroxylation sites is 1. The minimum atomic E-state index is -0.837. The van der Waals surface area contributed by atoms with Crippen molar-refractivity contribution in [2.45, 2.75) is 53.5 Å². The van der Waals surface area contributed by atoms with Crippen molar-refractivity contribution in [1.82, 2.24) is 9.80 Å². The molecule has 9 heteroatoms. The minimum Gasteiger partial charge on any atom is -0.503 e. The molecule has 0 fully saturated rings. The molecule has 1 amide bonds. The summed E-state index contributed by atoms with van der Waals surface area (Å²) < 4.78 is 23.3. The SMILES string of the molecule is CCOc1cc(C2C(C(=O)c3cc4cccc(OC)c4o3)=C(O)C(=O)N2CCCN(CC)CC)ccc1OCCC(C)C. The van der Waals surface area contributed by atoms with Gasteiger partial charge in [-0.2, -0.15) is 0 Å². The number of methoxy groups -OCH3 is 1. The summed E-state index contributed by atoms with van der Waals surface area (Å²) in [6, 6.07) is 11.6. The molecule has 1 aliphatic rings. The zero-order valence-corrected chi connectivity index (χ0v) is 26.1. The van der Waals surface area contributed by atoms with Crippen molar-refractivity contribution in [1.29, 1.82) is 0 Å². The molecule has 0 saturated heterocycles. The molecule has 9 nitrogen and oxygen atoms in total. The molecule has 232 valence electrons. The fraction of sp³-hybridized carbons (Fsp3) is 0.471. The first-order valence-electron chi connectivity index (χ1n) is 15.2. The lowest BCUT2D eigenvalue weighted by Crippen LogP contribution is -2.34. The van der Waals surface area contributed by atoms with Crippen molar-refractivity contribution in [2.75, 3.05) is 46.5 Å². The third-order valence-electron chi connectivity index (χ3n) is 7.80. The number of ketones is 1. The fourth-order valence-electron chi connectivity index (χ4n) is 5.40. The van der Waals surface area contributed by atoms with Crippen LogP contribution in [0.25, 0.3) is 11.0 Å². The third kappa shape index (κ3) is 6.99. The van der Waals surface area contributed by atoms with E-state index in [2.05, 4.69) is 32.6 Å². The van der Waals surface area contributed by atoms with Gasteiger partial charge in [0.15, 0.2) is 34.4 Å². The summed E-state index contributed by atoms with van der Waals surface area (Å²) in [6.07, 6.45) is 1.57. The van der Waals surface area contributed by atoms with E-state index in [0.29, 0.717) is 65.9 Å². The molecule has 1 unspecified atom stereocenters. The number of carbonyl (C=O) groups is 2. The van der Waals surface area contributed by atoms with Gasteiger partial charge in [0.25, 0.3) is 5.91 Å². The van der Waals surface area contributed by atoms with Crippen LogP contribution in [-0.4, -0.2) is 73.1 Å². The number of furan rings is 1. The van der Waals surface area contributed by atoms with Crippen LogP contribution < -0.4 is 14.2 Å². The molecule has 0 aliphatic carbocycles. The van der Waals surface area contributed by atoms with Crippen molar-refractivity contribution in [3.8, 4) is 17.2 Å². The number of fused-ring (bicyclic) bond motifs is 1. The molecular formula is C34H44N2O7. The highest BCUT2D eigenvalue weighted by Crippen LogP contribution is 2.42. The largest absolute Gasteiger partial charge is 0.503 e. The zero-order chi connectivity index (χ0) is 31.1. The molecule has 4 rings (SSSR count). The van der Waals surface area contributed by atoms with Crippen molar-refractivity contribution in [3.63, 3.8) is 0 Å². The first-order chi connectivity index (χ1) is 20.7. The summed E-state index contributed by atoms with van der Waals surface area (Å²) in [4.78, 5) is 31.5. The summed E-state index contributed by atoms with van der Waals surface area (Å²) in [5.74, 6) is 0.390. The Morgan fingerprint density at radius 1 is 1.05 bits per heavy atom. The maximum absolute atomic E-state index is 14.1. The highest BCUT2D eigenvalue weighted by molar-refractivity contribution is 6.16. The van der Waals surface area contributed by atoms with Gasteiger partial charge in [0.05, 0.1) is 31.9 Å². The van der Waals surface area contributed by atoms with Gasteiger partial charge in [0.1, 0.15) is 0 Å². The van der Waals surface area contributed by atoms with E-state index in [1.54, 1.807) is 29.2 Å². The third-order valence-corrected chi connectivity index (χ3v) is 7.80. The topological polar surface area (TPSA) is 102 Å². The van der Waals surface area contributed by atoms with E-state index in [1.807, 2.05) is 25.1 Å². The quantitative estimate of drug-likeness (QED) is 0.186. The monoisotopic (exact) mass is 592 g/mol. The van der Waals surface area contributed by atoms with Crippen LogP contribution in [0.15, 0.2) is 58.2 Å². The molecule has 43 heavy (non-hydrogen) atoms. The van der Waals surface area contributed by atoms with E-state index in [4.69, 9.17) is 18.6 Å². The number of amides is 1. The van der Waals surface area contributed by atoms with Crippen molar-refractivity contribution in [3.05, 3.63) is 65.1 Å². The predicted molar refractivity (Wildman–Crippen MR) is 166 cm³/mol. The molecule has 0 radical (unpaired) electrons. The van der Waals surface area contributed by atoms with E-state index in [9.17, 15) is 14.7 Å². The number of aliphatic hydroxyl groups excluding tert-OH is 1. The average Bonchev–Trinajstić information content (AvgIpc) is 3.55. The average molecular weight is 593 g/mol. The van der Waals surface area contributed by atoms with Gasteiger partial charge in [0, 0.05) is 11.9 Å². The van der Waals surface area contributed by atoms with Crippen LogP contribution in [0.3, 0.4) is 0 Å².